The SMILES string of the molecule is CCC(C(=O)O)N(C)C1CCSC1C. The molecule has 1 fully saturated rings. The fraction of sp³-hybridized carbons (Fsp3) is 0.900. The van der Waals surface area contributed by atoms with E-state index in [1.165, 1.54) is 0 Å². The standard InChI is InChI=1S/C10H19NO2S/c1-4-8(10(12)13)11(3)9-5-6-14-7(9)2/h7-9H,4-6H2,1-3H3,(H,12,13). The average molecular weight is 217 g/mol. The highest BCUT2D eigenvalue weighted by Crippen LogP contribution is 2.30. The summed E-state index contributed by atoms with van der Waals surface area (Å²) in [6.45, 7) is 4.12. The number of rotatable bonds is 4. The summed E-state index contributed by atoms with van der Waals surface area (Å²) in [5, 5.41) is 9.61. The number of hydrogen-bond acceptors (Lipinski definition) is 3. The summed E-state index contributed by atoms with van der Waals surface area (Å²) in [6.07, 6.45) is 1.80. The zero-order valence-corrected chi connectivity index (χ0v) is 9.88. The van der Waals surface area contributed by atoms with Crippen molar-refractivity contribution in [3.05, 3.63) is 0 Å². The van der Waals surface area contributed by atoms with Gasteiger partial charge in [-0.2, -0.15) is 11.8 Å². The monoisotopic (exact) mass is 217 g/mol. The van der Waals surface area contributed by atoms with Crippen molar-refractivity contribution < 1.29 is 9.90 Å². The number of carboxylic acids is 1. The minimum atomic E-state index is -0.695. The van der Waals surface area contributed by atoms with Crippen LogP contribution in [0.4, 0.5) is 0 Å². The van der Waals surface area contributed by atoms with Crippen LogP contribution < -0.4 is 0 Å². The lowest BCUT2D eigenvalue weighted by Crippen LogP contribution is -2.46. The van der Waals surface area contributed by atoms with Crippen LogP contribution in [0.25, 0.3) is 0 Å². The smallest absolute Gasteiger partial charge is 0.320 e. The predicted molar refractivity (Wildman–Crippen MR) is 59.8 cm³/mol. The number of nitrogens with zero attached hydrogens (tertiary/aromatic N) is 1. The molecule has 3 nitrogen and oxygen atoms in total. The van der Waals surface area contributed by atoms with Crippen molar-refractivity contribution in [2.45, 2.75) is 44.0 Å². The predicted octanol–water partition coefficient (Wildman–Crippen LogP) is 1.68. The van der Waals surface area contributed by atoms with E-state index in [2.05, 4.69) is 6.92 Å². The second kappa shape index (κ2) is 5.03. The topological polar surface area (TPSA) is 40.5 Å². The van der Waals surface area contributed by atoms with Crippen molar-refractivity contribution in [2.24, 2.45) is 0 Å². The molecule has 1 aliphatic rings. The summed E-state index contributed by atoms with van der Waals surface area (Å²) in [5.74, 6) is 0.464. The lowest BCUT2D eigenvalue weighted by molar-refractivity contribution is -0.143. The van der Waals surface area contributed by atoms with E-state index in [1.54, 1.807) is 0 Å². The number of hydrogen-bond donors (Lipinski definition) is 1. The molecule has 3 unspecified atom stereocenters. The van der Waals surface area contributed by atoms with Gasteiger partial charge in [0.15, 0.2) is 0 Å². The molecule has 0 spiro atoms. The molecule has 0 amide bonds. The van der Waals surface area contributed by atoms with Gasteiger partial charge in [0, 0.05) is 11.3 Å². The summed E-state index contributed by atoms with van der Waals surface area (Å²) in [7, 11) is 1.94. The number of aliphatic carboxylic acids is 1. The fourth-order valence-electron chi connectivity index (χ4n) is 2.12. The molecule has 1 aliphatic heterocycles. The number of carboxylic acid groups (broad SMARTS) is 1. The van der Waals surface area contributed by atoms with Crippen molar-refractivity contribution in [3.8, 4) is 0 Å². The van der Waals surface area contributed by atoms with Crippen LogP contribution >= 0.6 is 11.8 Å². The zero-order chi connectivity index (χ0) is 10.7. The van der Waals surface area contributed by atoms with E-state index in [9.17, 15) is 4.79 Å². The summed E-state index contributed by atoms with van der Waals surface area (Å²) < 4.78 is 0. The van der Waals surface area contributed by atoms with Crippen LogP contribution in [0.15, 0.2) is 0 Å². The summed E-state index contributed by atoms with van der Waals surface area (Å²) in [4.78, 5) is 13.0. The van der Waals surface area contributed by atoms with Crippen molar-refractivity contribution in [2.75, 3.05) is 12.8 Å². The summed E-state index contributed by atoms with van der Waals surface area (Å²) in [5.41, 5.74) is 0. The van der Waals surface area contributed by atoms with Crippen LogP contribution in [0.5, 0.6) is 0 Å². The van der Waals surface area contributed by atoms with E-state index in [1.807, 2.05) is 30.6 Å². The summed E-state index contributed by atoms with van der Waals surface area (Å²) in [6, 6.07) is 0.113. The first-order valence-corrected chi connectivity index (χ1v) is 6.19. The minimum Gasteiger partial charge on any atom is -0.480 e. The van der Waals surface area contributed by atoms with Gasteiger partial charge in [0.25, 0.3) is 0 Å². The average Bonchev–Trinajstić information content (AvgIpc) is 2.51. The van der Waals surface area contributed by atoms with Crippen LogP contribution in [-0.4, -0.2) is 46.1 Å². The van der Waals surface area contributed by atoms with E-state index in [0.29, 0.717) is 17.7 Å². The van der Waals surface area contributed by atoms with E-state index >= 15 is 0 Å². The Balaban J connectivity index is 2.61. The molecule has 1 N–H and O–H groups in total. The highest BCUT2D eigenvalue weighted by Gasteiger charge is 2.33. The molecule has 4 heteroatoms. The molecule has 82 valence electrons. The first kappa shape index (κ1) is 11.9. The molecule has 14 heavy (non-hydrogen) atoms. The number of likely N-dealkylation sites (N-methyl/N-ethyl adjacent to an activating group) is 1. The Kier molecular flexibility index (Phi) is 4.26. The first-order valence-electron chi connectivity index (χ1n) is 5.14. The normalized spacial score (nSPS) is 29.4. The molecule has 1 saturated heterocycles. The van der Waals surface area contributed by atoms with Gasteiger partial charge in [-0.05, 0) is 25.6 Å². The van der Waals surface area contributed by atoms with Crippen LogP contribution in [0.3, 0.4) is 0 Å². The van der Waals surface area contributed by atoms with Crippen molar-refractivity contribution in [1.82, 2.24) is 4.90 Å². The Morgan fingerprint density at radius 1 is 1.71 bits per heavy atom. The Labute approximate surface area is 89.9 Å². The van der Waals surface area contributed by atoms with Gasteiger partial charge in [-0.3, -0.25) is 9.69 Å². The van der Waals surface area contributed by atoms with Gasteiger partial charge < -0.3 is 5.11 Å². The molecule has 0 aromatic carbocycles. The maximum Gasteiger partial charge on any atom is 0.320 e. The van der Waals surface area contributed by atoms with E-state index in [4.69, 9.17) is 5.11 Å². The number of thioether (sulfide) groups is 1. The van der Waals surface area contributed by atoms with Crippen LogP contribution in [0.1, 0.15) is 26.7 Å². The largest absolute Gasteiger partial charge is 0.480 e. The second-order valence-electron chi connectivity index (χ2n) is 3.86. The Morgan fingerprint density at radius 3 is 2.71 bits per heavy atom. The highest BCUT2D eigenvalue weighted by molar-refractivity contribution is 8.00. The lowest BCUT2D eigenvalue weighted by Gasteiger charge is -2.31. The molecule has 0 aliphatic carbocycles. The Hall–Kier alpha value is -0.220. The van der Waals surface area contributed by atoms with E-state index < -0.39 is 5.97 Å². The molecule has 0 bridgehead atoms. The maximum atomic E-state index is 11.0. The molecular weight excluding hydrogens is 198 g/mol. The maximum absolute atomic E-state index is 11.0. The molecule has 1 heterocycles. The minimum absolute atomic E-state index is 0.318. The molecule has 1 rings (SSSR count). The van der Waals surface area contributed by atoms with Gasteiger partial charge in [-0.25, -0.2) is 0 Å². The Bertz CT molecular complexity index is 210. The van der Waals surface area contributed by atoms with Gasteiger partial charge >= 0.3 is 5.97 Å². The summed E-state index contributed by atoms with van der Waals surface area (Å²) >= 11 is 1.94. The Morgan fingerprint density at radius 2 is 2.36 bits per heavy atom. The van der Waals surface area contributed by atoms with Gasteiger partial charge in [0.2, 0.25) is 0 Å². The van der Waals surface area contributed by atoms with Gasteiger partial charge in [-0.15, -0.1) is 0 Å². The molecule has 0 radical (unpaired) electrons. The first-order chi connectivity index (χ1) is 6.57. The highest BCUT2D eigenvalue weighted by atomic mass is 32.2. The van der Waals surface area contributed by atoms with Crippen molar-refractivity contribution >= 4 is 17.7 Å². The van der Waals surface area contributed by atoms with Gasteiger partial charge in [0.1, 0.15) is 6.04 Å². The third-order valence-corrected chi connectivity index (χ3v) is 4.33. The lowest BCUT2D eigenvalue weighted by atomic mass is 10.1. The second-order valence-corrected chi connectivity index (χ2v) is 5.34. The molecule has 0 saturated carbocycles. The van der Waals surface area contributed by atoms with Gasteiger partial charge in [-0.1, -0.05) is 13.8 Å². The number of carbonyl (C=O) groups is 1. The molecular formula is C10H19NO2S. The fourth-order valence-corrected chi connectivity index (χ4v) is 3.42. The van der Waals surface area contributed by atoms with Crippen molar-refractivity contribution in [1.29, 1.82) is 0 Å². The van der Waals surface area contributed by atoms with Crippen LogP contribution in [0, 0.1) is 0 Å². The van der Waals surface area contributed by atoms with Crippen LogP contribution in [-0.2, 0) is 4.79 Å². The quantitative estimate of drug-likeness (QED) is 0.778. The molecule has 0 aromatic rings. The van der Waals surface area contributed by atoms with E-state index in [0.717, 1.165) is 12.2 Å². The van der Waals surface area contributed by atoms with Crippen molar-refractivity contribution in [3.63, 3.8) is 0 Å². The van der Waals surface area contributed by atoms with E-state index in [-0.39, 0.29) is 6.04 Å². The zero-order valence-electron chi connectivity index (χ0n) is 9.06. The third-order valence-electron chi connectivity index (χ3n) is 3.02. The molecule has 3 atom stereocenters. The van der Waals surface area contributed by atoms with Crippen LogP contribution in [0.2, 0.25) is 0 Å². The third kappa shape index (κ3) is 2.42. The molecule has 0 aromatic heterocycles. The van der Waals surface area contributed by atoms with Gasteiger partial charge in [0.05, 0.1) is 0 Å².